The molecule has 20 heavy (non-hydrogen) atoms. The van der Waals surface area contributed by atoms with E-state index in [1.54, 1.807) is 4.90 Å². The predicted octanol–water partition coefficient (Wildman–Crippen LogP) is 2.60. The Hall–Kier alpha value is -1.26. The molecule has 0 aromatic rings. The zero-order valence-electron chi connectivity index (χ0n) is 12.7. The summed E-state index contributed by atoms with van der Waals surface area (Å²) in [6, 6.07) is -0.0503. The summed E-state index contributed by atoms with van der Waals surface area (Å²) in [5.41, 5.74) is -0.902. The monoisotopic (exact) mass is 282 g/mol. The van der Waals surface area contributed by atoms with Gasteiger partial charge in [-0.2, -0.15) is 0 Å². The number of carbonyl (C=O) groups excluding carboxylic acids is 1. The predicted molar refractivity (Wildman–Crippen MR) is 76.5 cm³/mol. The van der Waals surface area contributed by atoms with Gasteiger partial charge in [-0.25, -0.2) is 9.59 Å². The van der Waals surface area contributed by atoms with Gasteiger partial charge in [-0.05, 0) is 37.5 Å². The lowest BCUT2D eigenvalue weighted by Gasteiger charge is -2.36. The summed E-state index contributed by atoms with van der Waals surface area (Å²) in [5, 5.41) is 12.6. The molecule has 2 amide bonds. The summed E-state index contributed by atoms with van der Waals surface area (Å²) in [7, 11) is 0. The van der Waals surface area contributed by atoms with E-state index in [2.05, 4.69) is 19.2 Å². The number of carboxylic acids is 1. The molecule has 0 aromatic carbocycles. The van der Waals surface area contributed by atoms with Crippen LogP contribution < -0.4 is 5.32 Å². The Morgan fingerprint density at radius 3 is 2.50 bits per heavy atom. The lowest BCUT2D eigenvalue weighted by Crippen LogP contribution is -2.58. The van der Waals surface area contributed by atoms with Gasteiger partial charge in [-0.1, -0.05) is 27.2 Å². The molecule has 2 atom stereocenters. The van der Waals surface area contributed by atoms with Crippen molar-refractivity contribution in [2.75, 3.05) is 6.54 Å². The van der Waals surface area contributed by atoms with E-state index in [1.165, 1.54) is 0 Å². The fourth-order valence-electron chi connectivity index (χ4n) is 3.74. The fraction of sp³-hybridized carbons (Fsp3) is 0.867. The van der Waals surface area contributed by atoms with Crippen LogP contribution in [0.1, 0.15) is 59.3 Å². The Kier molecular flexibility index (Phi) is 3.98. The standard InChI is InChI=1S/C15H26N2O3/c1-4-15(12(18)19)9-6-10-17(15)13(20)16-11-7-5-8-14(11,2)3/h11H,4-10H2,1-3H3,(H,16,20)(H,18,19). The zero-order chi connectivity index (χ0) is 15.0. The Labute approximate surface area is 120 Å². The second-order valence-corrected chi connectivity index (χ2v) is 6.83. The van der Waals surface area contributed by atoms with Gasteiger partial charge in [0.05, 0.1) is 0 Å². The first-order chi connectivity index (χ1) is 9.33. The number of hydrogen-bond acceptors (Lipinski definition) is 2. The minimum atomic E-state index is -1.01. The lowest BCUT2D eigenvalue weighted by atomic mass is 9.87. The van der Waals surface area contributed by atoms with Crippen LogP contribution in [-0.2, 0) is 4.79 Å². The van der Waals surface area contributed by atoms with E-state index in [9.17, 15) is 14.7 Å². The molecular formula is C15H26N2O3. The lowest BCUT2D eigenvalue weighted by molar-refractivity contribution is -0.148. The highest BCUT2D eigenvalue weighted by molar-refractivity contribution is 5.87. The molecule has 0 spiro atoms. The smallest absolute Gasteiger partial charge is 0.329 e. The highest BCUT2D eigenvalue weighted by atomic mass is 16.4. The molecule has 114 valence electrons. The third-order valence-electron chi connectivity index (χ3n) is 5.27. The van der Waals surface area contributed by atoms with E-state index in [0.717, 1.165) is 25.7 Å². The van der Waals surface area contributed by atoms with E-state index in [1.807, 2.05) is 6.92 Å². The van der Waals surface area contributed by atoms with Gasteiger partial charge < -0.3 is 15.3 Å². The molecule has 1 aliphatic heterocycles. The first-order valence-corrected chi connectivity index (χ1v) is 7.65. The van der Waals surface area contributed by atoms with Gasteiger partial charge in [0.15, 0.2) is 0 Å². The van der Waals surface area contributed by atoms with Crippen LogP contribution in [0.4, 0.5) is 4.79 Å². The maximum Gasteiger partial charge on any atom is 0.329 e. The SMILES string of the molecule is CCC1(C(=O)O)CCCN1C(=O)NC1CCCC1(C)C. The van der Waals surface area contributed by atoms with Crippen molar-refractivity contribution >= 4 is 12.0 Å². The van der Waals surface area contributed by atoms with Crippen LogP contribution in [0, 0.1) is 5.41 Å². The van der Waals surface area contributed by atoms with Crippen LogP contribution >= 0.6 is 0 Å². The van der Waals surface area contributed by atoms with Crippen LogP contribution in [0.5, 0.6) is 0 Å². The molecule has 2 unspecified atom stereocenters. The number of carbonyl (C=O) groups is 2. The average Bonchev–Trinajstić information content (AvgIpc) is 2.94. The Bertz CT molecular complexity index is 408. The van der Waals surface area contributed by atoms with Crippen LogP contribution in [0.25, 0.3) is 0 Å². The number of nitrogens with zero attached hydrogens (tertiary/aromatic N) is 1. The Morgan fingerprint density at radius 2 is 2.00 bits per heavy atom. The summed E-state index contributed by atoms with van der Waals surface area (Å²) in [6.45, 7) is 6.72. The summed E-state index contributed by atoms with van der Waals surface area (Å²) < 4.78 is 0. The molecule has 0 bridgehead atoms. The maximum atomic E-state index is 12.5. The van der Waals surface area contributed by atoms with E-state index in [4.69, 9.17) is 0 Å². The number of likely N-dealkylation sites (tertiary alicyclic amines) is 1. The first kappa shape index (κ1) is 15.1. The van der Waals surface area contributed by atoms with Crippen molar-refractivity contribution in [2.45, 2.75) is 70.9 Å². The molecule has 1 saturated carbocycles. The van der Waals surface area contributed by atoms with Crippen LogP contribution in [-0.4, -0.2) is 40.1 Å². The number of aliphatic carboxylic acids is 1. The minimum absolute atomic E-state index is 0.105. The fourth-order valence-corrected chi connectivity index (χ4v) is 3.74. The van der Waals surface area contributed by atoms with Gasteiger partial charge in [-0.15, -0.1) is 0 Å². The molecule has 0 aromatic heterocycles. The van der Waals surface area contributed by atoms with Crippen LogP contribution in [0.15, 0.2) is 0 Å². The molecule has 5 heteroatoms. The van der Waals surface area contributed by atoms with E-state index < -0.39 is 11.5 Å². The Balaban J connectivity index is 2.10. The average molecular weight is 282 g/mol. The summed E-state index contributed by atoms with van der Waals surface area (Å²) in [5.74, 6) is -0.877. The number of urea groups is 1. The highest BCUT2D eigenvalue weighted by Gasteiger charge is 2.49. The van der Waals surface area contributed by atoms with E-state index in [0.29, 0.717) is 19.4 Å². The molecule has 1 heterocycles. The van der Waals surface area contributed by atoms with Crippen LogP contribution in [0.3, 0.4) is 0 Å². The van der Waals surface area contributed by atoms with Crippen molar-refractivity contribution in [2.24, 2.45) is 5.41 Å². The van der Waals surface area contributed by atoms with Gasteiger partial charge in [0.1, 0.15) is 5.54 Å². The molecule has 2 fully saturated rings. The third kappa shape index (κ3) is 2.38. The number of nitrogens with one attached hydrogen (secondary N) is 1. The van der Waals surface area contributed by atoms with Gasteiger partial charge >= 0.3 is 12.0 Å². The Morgan fingerprint density at radius 1 is 1.30 bits per heavy atom. The van der Waals surface area contributed by atoms with Crippen LogP contribution in [0.2, 0.25) is 0 Å². The largest absolute Gasteiger partial charge is 0.479 e. The van der Waals surface area contributed by atoms with Gasteiger partial charge in [-0.3, -0.25) is 0 Å². The van der Waals surface area contributed by atoms with Crippen molar-refractivity contribution in [1.82, 2.24) is 10.2 Å². The topological polar surface area (TPSA) is 69.6 Å². The van der Waals surface area contributed by atoms with E-state index in [-0.39, 0.29) is 17.5 Å². The number of carboxylic acid groups (broad SMARTS) is 1. The minimum Gasteiger partial charge on any atom is -0.479 e. The van der Waals surface area contributed by atoms with Gasteiger partial charge in [0.25, 0.3) is 0 Å². The molecule has 0 radical (unpaired) electrons. The third-order valence-corrected chi connectivity index (χ3v) is 5.27. The normalized spacial score (nSPS) is 32.4. The number of hydrogen-bond donors (Lipinski definition) is 2. The highest BCUT2D eigenvalue weighted by Crippen LogP contribution is 2.38. The van der Waals surface area contributed by atoms with Crippen molar-refractivity contribution in [1.29, 1.82) is 0 Å². The second-order valence-electron chi connectivity index (χ2n) is 6.83. The molecule has 2 rings (SSSR count). The summed E-state index contributed by atoms with van der Waals surface area (Å²) >= 11 is 0. The molecule has 2 aliphatic rings. The van der Waals surface area contributed by atoms with Gasteiger partial charge in [0.2, 0.25) is 0 Å². The van der Waals surface area contributed by atoms with Crippen molar-refractivity contribution in [3.63, 3.8) is 0 Å². The molecule has 1 aliphatic carbocycles. The quantitative estimate of drug-likeness (QED) is 0.836. The van der Waals surface area contributed by atoms with Crippen molar-refractivity contribution < 1.29 is 14.7 Å². The van der Waals surface area contributed by atoms with Crippen molar-refractivity contribution in [3.8, 4) is 0 Å². The van der Waals surface area contributed by atoms with Gasteiger partial charge in [0, 0.05) is 12.6 Å². The molecule has 5 nitrogen and oxygen atoms in total. The zero-order valence-corrected chi connectivity index (χ0v) is 12.7. The first-order valence-electron chi connectivity index (χ1n) is 7.65. The molecular weight excluding hydrogens is 256 g/mol. The number of rotatable bonds is 3. The number of amides is 2. The summed E-state index contributed by atoms with van der Waals surface area (Å²) in [6.07, 6.45) is 5.00. The van der Waals surface area contributed by atoms with Crippen molar-refractivity contribution in [3.05, 3.63) is 0 Å². The maximum absolute atomic E-state index is 12.5. The second kappa shape index (κ2) is 5.26. The molecule has 1 saturated heterocycles. The van der Waals surface area contributed by atoms with E-state index >= 15 is 0 Å². The molecule has 2 N–H and O–H groups in total. The summed E-state index contributed by atoms with van der Waals surface area (Å²) in [4.78, 5) is 25.7.